The Morgan fingerprint density at radius 2 is 1.82 bits per heavy atom. The monoisotopic (exact) mass is 292 g/mol. The maximum Gasteiger partial charge on any atom is 0.271 e. The zero-order valence-corrected chi connectivity index (χ0v) is 12.2. The molecule has 110 valence electrons. The van der Waals surface area contributed by atoms with E-state index < -0.39 is 0 Å². The molecule has 5 heteroatoms. The van der Waals surface area contributed by atoms with Gasteiger partial charge in [-0.1, -0.05) is 0 Å². The minimum absolute atomic E-state index is 0.230. The molecule has 0 radical (unpaired) electrons. The highest BCUT2D eigenvalue weighted by Gasteiger charge is 2.04. The third-order valence-electron chi connectivity index (χ3n) is 3.27. The Morgan fingerprint density at radius 1 is 1.09 bits per heavy atom. The molecule has 0 unspecified atom stereocenters. The highest BCUT2D eigenvalue weighted by atomic mass is 16.2. The summed E-state index contributed by atoms with van der Waals surface area (Å²) >= 11 is 0. The lowest BCUT2D eigenvalue weighted by atomic mass is 10.2. The predicted octanol–water partition coefficient (Wildman–Crippen LogP) is 2.58. The topological polar surface area (TPSA) is 51.3 Å². The SMILES string of the molecule is Cn1ccc(/C=N/NC(=O)c2ccc(-n3cccc3)cc2)c1. The zero-order valence-electron chi connectivity index (χ0n) is 12.2. The summed E-state index contributed by atoms with van der Waals surface area (Å²) in [4.78, 5) is 12.0. The van der Waals surface area contributed by atoms with Gasteiger partial charge in [-0.3, -0.25) is 4.79 Å². The highest BCUT2D eigenvalue weighted by molar-refractivity contribution is 5.95. The normalized spacial score (nSPS) is 11.0. The number of nitrogens with zero attached hydrogens (tertiary/aromatic N) is 3. The van der Waals surface area contributed by atoms with Gasteiger partial charge in [-0.05, 0) is 42.5 Å². The number of hydrazone groups is 1. The Hall–Kier alpha value is -3.08. The Balaban J connectivity index is 1.64. The van der Waals surface area contributed by atoms with E-state index in [1.54, 1.807) is 18.3 Å². The molecule has 3 rings (SSSR count). The summed E-state index contributed by atoms with van der Waals surface area (Å²) in [5.74, 6) is -0.230. The summed E-state index contributed by atoms with van der Waals surface area (Å²) in [6, 6.07) is 13.2. The first-order valence-corrected chi connectivity index (χ1v) is 6.91. The fourth-order valence-corrected chi connectivity index (χ4v) is 2.12. The first-order valence-electron chi connectivity index (χ1n) is 6.91. The lowest BCUT2D eigenvalue weighted by Gasteiger charge is -2.04. The van der Waals surface area contributed by atoms with Gasteiger partial charge in [0.2, 0.25) is 0 Å². The van der Waals surface area contributed by atoms with Gasteiger partial charge in [0.1, 0.15) is 0 Å². The molecule has 0 atom stereocenters. The van der Waals surface area contributed by atoms with Gasteiger partial charge in [0.25, 0.3) is 5.91 Å². The quantitative estimate of drug-likeness (QED) is 0.583. The molecular weight excluding hydrogens is 276 g/mol. The predicted molar refractivity (Wildman–Crippen MR) is 86.2 cm³/mol. The van der Waals surface area contributed by atoms with Crippen molar-refractivity contribution in [2.75, 3.05) is 0 Å². The Labute approximate surface area is 128 Å². The number of nitrogens with one attached hydrogen (secondary N) is 1. The van der Waals surface area contributed by atoms with E-state index in [9.17, 15) is 4.79 Å². The molecule has 2 heterocycles. The summed E-state index contributed by atoms with van der Waals surface area (Å²) in [6.07, 6.45) is 9.37. The fourth-order valence-electron chi connectivity index (χ4n) is 2.12. The van der Waals surface area contributed by atoms with E-state index in [1.807, 2.05) is 71.3 Å². The Morgan fingerprint density at radius 3 is 2.45 bits per heavy atom. The molecule has 3 aromatic rings. The van der Waals surface area contributed by atoms with Crippen molar-refractivity contribution in [1.29, 1.82) is 0 Å². The molecule has 5 nitrogen and oxygen atoms in total. The molecule has 22 heavy (non-hydrogen) atoms. The van der Waals surface area contributed by atoms with Crippen molar-refractivity contribution in [2.24, 2.45) is 12.1 Å². The first-order chi connectivity index (χ1) is 10.7. The van der Waals surface area contributed by atoms with Gasteiger partial charge in [-0.2, -0.15) is 5.10 Å². The van der Waals surface area contributed by atoms with Crippen LogP contribution >= 0.6 is 0 Å². The van der Waals surface area contributed by atoms with Crippen molar-refractivity contribution in [3.8, 4) is 5.69 Å². The third kappa shape index (κ3) is 3.15. The van der Waals surface area contributed by atoms with Gasteiger partial charge in [-0.15, -0.1) is 0 Å². The average Bonchev–Trinajstić information content (AvgIpc) is 3.19. The molecule has 1 N–H and O–H groups in total. The van der Waals surface area contributed by atoms with Crippen LogP contribution in [0.15, 0.2) is 72.4 Å². The van der Waals surface area contributed by atoms with Gasteiger partial charge in [0, 0.05) is 48.6 Å². The van der Waals surface area contributed by atoms with E-state index in [0.29, 0.717) is 5.56 Å². The number of rotatable bonds is 4. The van der Waals surface area contributed by atoms with Crippen LogP contribution in [0.4, 0.5) is 0 Å². The molecule has 0 aliphatic heterocycles. The number of benzene rings is 1. The molecule has 0 fully saturated rings. The number of aryl methyl sites for hydroxylation is 1. The summed E-state index contributed by atoms with van der Waals surface area (Å²) in [5.41, 5.74) is 5.04. The zero-order chi connectivity index (χ0) is 15.4. The summed E-state index contributed by atoms with van der Waals surface area (Å²) < 4.78 is 3.90. The lowest BCUT2D eigenvalue weighted by Crippen LogP contribution is -2.17. The van der Waals surface area contributed by atoms with Crippen LogP contribution in [0, 0.1) is 0 Å². The number of hydrogen-bond acceptors (Lipinski definition) is 2. The molecule has 0 saturated heterocycles. The average molecular weight is 292 g/mol. The van der Waals surface area contributed by atoms with Gasteiger partial charge in [0.15, 0.2) is 0 Å². The van der Waals surface area contributed by atoms with Crippen LogP contribution in [0.2, 0.25) is 0 Å². The number of carbonyl (C=O) groups excluding carboxylic acids is 1. The second kappa shape index (κ2) is 6.13. The molecule has 0 aliphatic rings. The van der Waals surface area contributed by atoms with Gasteiger partial charge < -0.3 is 9.13 Å². The van der Waals surface area contributed by atoms with Crippen LogP contribution in [0.25, 0.3) is 5.69 Å². The number of aromatic nitrogens is 2. The van der Waals surface area contributed by atoms with E-state index in [2.05, 4.69) is 10.5 Å². The van der Waals surface area contributed by atoms with Crippen molar-refractivity contribution in [2.45, 2.75) is 0 Å². The van der Waals surface area contributed by atoms with E-state index in [1.165, 1.54) is 0 Å². The minimum atomic E-state index is -0.230. The number of hydrogen-bond donors (Lipinski definition) is 1. The van der Waals surface area contributed by atoms with Crippen molar-refractivity contribution >= 4 is 12.1 Å². The van der Waals surface area contributed by atoms with Crippen LogP contribution in [0.1, 0.15) is 15.9 Å². The van der Waals surface area contributed by atoms with Crippen LogP contribution in [0.5, 0.6) is 0 Å². The maximum absolute atomic E-state index is 12.0. The van der Waals surface area contributed by atoms with Crippen molar-refractivity contribution < 1.29 is 4.79 Å². The molecule has 1 amide bonds. The van der Waals surface area contributed by atoms with Gasteiger partial charge >= 0.3 is 0 Å². The number of amides is 1. The second-order valence-corrected chi connectivity index (χ2v) is 4.95. The molecule has 0 bridgehead atoms. The standard InChI is InChI=1S/C17H16N4O/c1-20-11-8-14(13-20)12-18-19-17(22)15-4-6-16(7-5-15)21-9-2-3-10-21/h2-13H,1H3,(H,19,22)/b18-12+. The van der Waals surface area contributed by atoms with Crippen LogP contribution in [-0.2, 0) is 7.05 Å². The summed E-state index contributed by atoms with van der Waals surface area (Å²) in [6.45, 7) is 0. The van der Waals surface area contributed by atoms with Crippen molar-refractivity contribution in [1.82, 2.24) is 14.6 Å². The van der Waals surface area contributed by atoms with Crippen LogP contribution < -0.4 is 5.43 Å². The lowest BCUT2D eigenvalue weighted by molar-refractivity contribution is 0.0955. The smallest absolute Gasteiger partial charge is 0.271 e. The molecule has 0 spiro atoms. The molecule has 0 aliphatic carbocycles. The molecule has 1 aromatic carbocycles. The van der Waals surface area contributed by atoms with E-state index in [4.69, 9.17) is 0 Å². The highest BCUT2D eigenvalue weighted by Crippen LogP contribution is 2.10. The number of carbonyl (C=O) groups is 1. The molecular formula is C17H16N4O. The minimum Gasteiger partial charge on any atom is -0.357 e. The molecule has 0 saturated carbocycles. The first kappa shape index (κ1) is 13.9. The Kier molecular flexibility index (Phi) is 3.87. The summed E-state index contributed by atoms with van der Waals surface area (Å²) in [5, 5.41) is 3.96. The van der Waals surface area contributed by atoms with E-state index >= 15 is 0 Å². The maximum atomic E-state index is 12.0. The van der Waals surface area contributed by atoms with Crippen molar-refractivity contribution in [3.05, 3.63) is 78.4 Å². The van der Waals surface area contributed by atoms with Gasteiger partial charge in [0.05, 0.1) is 6.21 Å². The van der Waals surface area contributed by atoms with Gasteiger partial charge in [-0.25, -0.2) is 5.43 Å². The Bertz CT molecular complexity index is 782. The van der Waals surface area contributed by atoms with Crippen molar-refractivity contribution in [3.63, 3.8) is 0 Å². The van der Waals surface area contributed by atoms with Crippen LogP contribution in [0.3, 0.4) is 0 Å². The third-order valence-corrected chi connectivity index (χ3v) is 3.27. The largest absolute Gasteiger partial charge is 0.357 e. The fraction of sp³-hybridized carbons (Fsp3) is 0.0588. The van der Waals surface area contributed by atoms with E-state index in [-0.39, 0.29) is 5.91 Å². The molecule has 2 aromatic heterocycles. The van der Waals surface area contributed by atoms with Crippen LogP contribution in [-0.4, -0.2) is 21.3 Å². The summed E-state index contributed by atoms with van der Waals surface area (Å²) in [7, 11) is 1.93. The second-order valence-electron chi connectivity index (χ2n) is 4.95. The van der Waals surface area contributed by atoms with E-state index in [0.717, 1.165) is 11.3 Å².